The van der Waals surface area contributed by atoms with E-state index in [1.54, 1.807) is 6.92 Å². The molecule has 1 rings (SSSR count). The summed E-state index contributed by atoms with van der Waals surface area (Å²) >= 11 is 3.65. The third-order valence-electron chi connectivity index (χ3n) is 3.49. The fourth-order valence-corrected chi connectivity index (χ4v) is 2.31. The van der Waals surface area contributed by atoms with Crippen LogP contribution in [0.15, 0.2) is 48.3 Å². The first-order valence-electron chi connectivity index (χ1n) is 7.94. The Morgan fingerprint density at radius 1 is 1.39 bits per heavy atom. The van der Waals surface area contributed by atoms with E-state index < -0.39 is 18.7 Å². The van der Waals surface area contributed by atoms with Crippen LogP contribution in [0.4, 0.5) is 4.39 Å². The van der Waals surface area contributed by atoms with Crippen molar-refractivity contribution in [3.8, 4) is 0 Å². The van der Waals surface area contributed by atoms with Gasteiger partial charge in [-0.1, -0.05) is 73.7 Å². The summed E-state index contributed by atoms with van der Waals surface area (Å²) in [6.07, 6.45) is 9.58. The van der Waals surface area contributed by atoms with Gasteiger partial charge in [0, 0.05) is 12.3 Å². The van der Waals surface area contributed by atoms with Crippen LogP contribution in [0.1, 0.15) is 41.0 Å². The van der Waals surface area contributed by atoms with Crippen molar-refractivity contribution in [2.45, 2.75) is 51.5 Å². The largest absolute Gasteiger partial charge is 0.487 e. The van der Waals surface area contributed by atoms with Gasteiger partial charge in [-0.05, 0) is 19.4 Å². The normalized spacial score (nSPS) is 22.1. The van der Waals surface area contributed by atoms with Crippen LogP contribution in [-0.4, -0.2) is 22.9 Å². The van der Waals surface area contributed by atoms with Gasteiger partial charge in [-0.15, -0.1) is 0 Å². The molecule has 0 aromatic rings. The molecule has 0 amide bonds. The van der Waals surface area contributed by atoms with Gasteiger partial charge in [0.05, 0.1) is 16.8 Å². The minimum absolute atomic E-state index is 0.0939. The summed E-state index contributed by atoms with van der Waals surface area (Å²) in [4.78, 5) is 11.8. The molecule has 0 bridgehead atoms. The standard InChI is InChI=1S/C17H22BrFO2.C2H6/c1-12(11-19)14(3)21-16(13(2)20)10-15-8-6-5-7-9-17(15,4)18;1-2/h5-9,12,16H,3,10-11H2,1-2,4H3;1-2H3. The first kappa shape index (κ1) is 21.8. The summed E-state index contributed by atoms with van der Waals surface area (Å²) < 4.78 is 17.9. The Kier molecular flexibility index (Phi) is 10.1. The van der Waals surface area contributed by atoms with Crippen molar-refractivity contribution in [2.75, 3.05) is 6.67 Å². The van der Waals surface area contributed by atoms with E-state index >= 15 is 0 Å². The minimum atomic E-state index is -0.644. The van der Waals surface area contributed by atoms with Crippen LogP contribution in [0.3, 0.4) is 0 Å². The molecule has 3 unspecified atom stereocenters. The molecule has 1 aliphatic carbocycles. The Labute approximate surface area is 148 Å². The van der Waals surface area contributed by atoms with Gasteiger partial charge in [-0.2, -0.15) is 0 Å². The van der Waals surface area contributed by atoms with E-state index in [4.69, 9.17) is 4.74 Å². The van der Waals surface area contributed by atoms with Gasteiger partial charge in [0.15, 0.2) is 11.9 Å². The summed E-state index contributed by atoms with van der Waals surface area (Å²) in [6, 6.07) is 0. The molecular weight excluding hydrogens is 359 g/mol. The number of allylic oxidation sites excluding steroid dienone is 6. The predicted octanol–water partition coefficient (Wildman–Crippen LogP) is 5.70. The molecular formula is C19H28BrFO2. The maximum atomic E-state index is 12.7. The zero-order chi connectivity index (χ0) is 18.0. The molecule has 0 spiro atoms. The first-order chi connectivity index (χ1) is 10.8. The Bertz CT molecular complexity index is 490. The molecule has 0 N–H and O–H groups in total. The SMILES string of the molecule is C=C(OC(CC1=CC=CC=CC1(C)Br)C(C)=O)C(C)CF.CC. The smallest absolute Gasteiger partial charge is 0.170 e. The van der Waals surface area contributed by atoms with E-state index in [9.17, 15) is 9.18 Å². The number of hydrogen-bond acceptors (Lipinski definition) is 2. The minimum Gasteiger partial charge on any atom is -0.487 e. The third-order valence-corrected chi connectivity index (χ3v) is 4.26. The maximum absolute atomic E-state index is 12.7. The van der Waals surface area contributed by atoms with Crippen LogP contribution in [0.25, 0.3) is 0 Å². The van der Waals surface area contributed by atoms with Crippen molar-refractivity contribution >= 4 is 21.7 Å². The summed E-state index contributed by atoms with van der Waals surface area (Å²) in [7, 11) is 0. The van der Waals surface area contributed by atoms with Crippen molar-refractivity contribution in [3.05, 3.63) is 48.3 Å². The zero-order valence-corrected chi connectivity index (χ0v) is 16.3. The van der Waals surface area contributed by atoms with Gasteiger partial charge < -0.3 is 4.74 Å². The van der Waals surface area contributed by atoms with Crippen LogP contribution < -0.4 is 0 Å². The van der Waals surface area contributed by atoms with Gasteiger partial charge in [0.25, 0.3) is 0 Å². The zero-order valence-electron chi connectivity index (χ0n) is 14.7. The first-order valence-corrected chi connectivity index (χ1v) is 8.73. The van der Waals surface area contributed by atoms with Crippen molar-refractivity contribution in [2.24, 2.45) is 5.92 Å². The fourth-order valence-electron chi connectivity index (χ4n) is 1.86. The van der Waals surface area contributed by atoms with Gasteiger partial charge in [0.1, 0.15) is 0 Å². The van der Waals surface area contributed by atoms with Gasteiger partial charge in [0.2, 0.25) is 0 Å². The molecule has 0 fully saturated rings. The molecule has 130 valence electrons. The number of carbonyl (C=O) groups excluding carboxylic acids is 1. The Morgan fingerprint density at radius 3 is 2.52 bits per heavy atom. The quantitative estimate of drug-likeness (QED) is 0.414. The Morgan fingerprint density at radius 2 is 2.00 bits per heavy atom. The van der Waals surface area contributed by atoms with Crippen molar-refractivity contribution in [1.29, 1.82) is 0 Å². The highest BCUT2D eigenvalue weighted by molar-refractivity contribution is 9.10. The molecule has 0 aromatic heterocycles. The number of rotatable bonds is 7. The molecule has 0 saturated heterocycles. The van der Waals surface area contributed by atoms with E-state index in [2.05, 4.69) is 22.5 Å². The van der Waals surface area contributed by atoms with Gasteiger partial charge >= 0.3 is 0 Å². The lowest BCUT2D eigenvalue weighted by molar-refractivity contribution is -0.126. The van der Waals surface area contributed by atoms with Gasteiger partial charge in [-0.3, -0.25) is 9.18 Å². The van der Waals surface area contributed by atoms with Crippen LogP contribution in [0.5, 0.6) is 0 Å². The van der Waals surface area contributed by atoms with E-state index in [0.717, 1.165) is 5.57 Å². The number of ketones is 1. The highest BCUT2D eigenvalue weighted by atomic mass is 79.9. The molecule has 23 heavy (non-hydrogen) atoms. The maximum Gasteiger partial charge on any atom is 0.170 e. The second-order valence-electron chi connectivity index (χ2n) is 5.45. The molecule has 0 saturated carbocycles. The highest BCUT2D eigenvalue weighted by Crippen LogP contribution is 2.34. The van der Waals surface area contributed by atoms with E-state index in [-0.39, 0.29) is 10.1 Å². The van der Waals surface area contributed by atoms with Crippen LogP contribution >= 0.6 is 15.9 Å². The summed E-state index contributed by atoms with van der Waals surface area (Å²) in [5, 5.41) is 0. The average Bonchev–Trinajstić information content (AvgIpc) is 2.68. The summed E-state index contributed by atoms with van der Waals surface area (Å²) in [5.74, 6) is -0.192. The number of ether oxygens (including phenoxy) is 1. The fraction of sp³-hybridized carbons (Fsp3) is 0.526. The molecule has 0 heterocycles. The monoisotopic (exact) mass is 386 g/mol. The molecule has 4 heteroatoms. The Hall–Kier alpha value is -1.16. The average molecular weight is 387 g/mol. The molecule has 0 radical (unpaired) electrons. The lowest BCUT2D eigenvalue weighted by Gasteiger charge is -2.27. The molecule has 0 aromatic carbocycles. The number of carbonyl (C=O) groups is 1. The Balaban J connectivity index is 0.00000232. The summed E-state index contributed by atoms with van der Waals surface area (Å²) in [5.41, 5.74) is 1.02. The van der Waals surface area contributed by atoms with Gasteiger partial charge in [-0.25, -0.2) is 0 Å². The second-order valence-corrected chi connectivity index (χ2v) is 7.10. The van der Waals surface area contributed by atoms with Crippen LogP contribution in [0.2, 0.25) is 0 Å². The molecule has 1 aliphatic rings. The second kappa shape index (κ2) is 10.6. The van der Waals surface area contributed by atoms with E-state index in [1.165, 1.54) is 6.92 Å². The van der Waals surface area contributed by atoms with E-state index in [1.807, 2.05) is 51.2 Å². The predicted molar refractivity (Wildman–Crippen MR) is 99.5 cm³/mol. The van der Waals surface area contributed by atoms with Crippen LogP contribution in [0, 0.1) is 5.92 Å². The molecule has 3 atom stereocenters. The lowest BCUT2D eigenvalue weighted by atomic mass is 9.94. The highest BCUT2D eigenvalue weighted by Gasteiger charge is 2.28. The molecule has 2 nitrogen and oxygen atoms in total. The molecule has 0 aliphatic heterocycles. The summed E-state index contributed by atoms with van der Waals surface area (Å²) in [6.45, 7) is 12.4. The van der Waals surface area contributed by atoms with Crippen molar-refractivity contribution in [1.82, 2.24) is 0 Å². The topological polar surface area (TPSA) is 26.3 Å². The van der Waals surface area contributed by atoms with E-state index in [0.29, 0.717) is 12.2 Å². The number of halogens is 2. The number of Topliss-reactive ketones (excluding diaryl/α,β-unsaturated/α-hetero) is 1. The van der Waals surface area contributed by atoms with Crippen molar-refractivity contribution < 1.29 is 13.9 Å². The number of alkyl halides is 2. The van der Waals surface area contributed by atoms with Crippen LogP contribution in [-0.2, 0) is 9.53 Å². The lowest BCUT2D eigenvalue weighted by Crippen LogP contribution is -2.28. The third kappa shape index (κ3) is 7.30. The van der Waals surface area contributed by atoms with Crippen molar-refractivity contribution in [3.63, 3.8) is 0 Å². The number of hydrogen-bond donors (Lipinski definition) is 0.